The summed E-state index contributed by atoms with van der Waals surface area (Å²) in [6.07, 6.45) is 7.27. The second-order valence-corrected chi connectivity index (χ2v) is 2.48. The van der Waals surface area contributed by atoms with Gasteiger partial charge in [-0.15, -0.1) is 6.42 Å². The third-order valence-electron chi connectivity index (χ3n) is 1.58. The SMILES string of the molecule is C#CC(CC)NC(=O)c1ccno1. The Kier molecular flexibility index (Phi) is 3.09. The second kappa shape index (κ2) is 4.31. The molecule has 1 amide bonds. The minimum absolute atomic E-state index is 0.175. The number of carbonyl (C=O) groups is 1. The van der Waals surface area contributed by atoms with E-state index in [2.05, 4.69) is 20.9 Å². The van der Waals surface area contributed by atoms with Crippen LogP contribution >= 0.6 is 0 Å². The van der Waals surface area contributed by atoms with E-state index in [4.69, 9.17) is 6.42 Å². The molecule has 1 unspecified atom stereocenters. The van der Waals surface area contributed by atoms with Crippen LogP contribution in [-0.2, 0) is 0 Å². The number of terminal acetylenes is 1. The molecule has 4 heteroatoms. The van der Waals surface area contributed by atoms with Gasteiger partial charge in [-0.3, -0.25) is 4.79 Å². The highest BCUT2D eigenvalue weighted by Gasteiger charge is 2.12. The van der Waals surface area contributed by atoms with Gasteiger partial charge in [0.1, 0.15) is 0 Å². The number of nitrogens with zero attached hydrogens (tertiary/aromatic N) is 1. The van der Waals surface area contributed by atoms with Crippen molar-refractivity contribution in [2.24, 2.45) is 0 Å². The monoisotopic (exact) mass is 178 g/mol. The topological polar surface area (TPSA) is 55.1 Å². The van der Waals surface area contributed by atoms with Crippen LogP contribution < -0.4 is 5.32 Å². The van der Waals surface area contributed by atoms with Crippen LogP contribution in [0.1, 0.15) is 23.9 Å². The largest absolute Gasteiger partial charge is 0.351 e. The molecule has 4 nitrogen and oxygen atoms in total. The van der Waals surface area contributed by atoms with Gasteiger partial charge in [0.05, 0.1) is 12.2 Å². The summed E-state index contributed by atoms with van der Waals surface area (Å²) in [6.45, 7) is 1.89. The first-order chi connectivity index (χ1) is 6.27. The van der Waals surface area contributed by atoms with Crippen molar-refractivity contribution in [3.05, 3.63) is 18.0 Å². The molecule has 13 heavy (non-hydrogen) atoms. The van der Waals surface area contributed by atoms with Gasteiger partial charge in [-0.1, -0.05) is 18.0 Å². The van der Waals surface area contributed by atoms with Crippen LogP contribution in [0.25, 0.3) is 0 Å². The number of carbonyl (C=O) groups excluding carboxylic acids is 1. The predicted octanol–water partition coefficient (Wildman–Crippen LogP) is 0.816. The van der Waals surface area contributed by atoms with E-state index in [9.17, 15) is 4.79 Å². The van der Waals surface area contributed by atoms with Gasteiger partial charge in [-0.05, 0) is 6.42 Å². The average molecular weight is 178 g/mol. The predicted molar refractivity (Wildman–Crippen MR) is 46.9 cm³/mol. The molecule has 0 aliphatic rings. The fraction of sp³-hybridized carbons (Fsp3) is 0.333. The molecule has 0 aromatic carbocycles. The fourth-order valence-corrected chi connectivity index (χ4v) is 0.824. The van der Waals surface area contributed by atoms with E-state index in [-0.39, 0.29) is 17.7 Å². The molecule has 0 bridgehead atoms. The van der Waals surface area contributed by atoms with Gasteiger partial charge in [-0.2, -0.15) is 0 Å². The number of nitrogens with one attached hydrogen (secondary N) is 1. The van der Waals surface area contributed by atoms with E-state index in [0.717, 1.165) is 0 Å². The number of hydrogen-bond donors (Lipinski definition) is 1. The lowest BCUT2D eigenvalue weighted by Crippen LogP contribution is -2.32. The van der Waals surface area contributed by atoms with E-state index in [1.54, 1.807) is 0 Å². The molecule has 0 aliphatic heterocycles. The van der Waals surface area contributed by atoms with Gasteiger partial charge in [0.25, 0.3) is 5.91 Å². The van der Waals surface area contributed by atoms with Crippen LogP contribution in [0.5, 0.6) is 0 Å². The first-order valence-electron chi connectivity index (χ1n) is 3.95. The number of amides is 1. The molecule has 0 radical (unpaired) electrons. The summed E-state index contributed by atoms with van der Waals surface area (Å²) in [6, 6.07) is 1.23. The number of aromatic nitrogens is 1. The summed E-state index contributed by atoms with van der Waals surface area (Å²) in [4.78, 5) is 11.3. The smallest absolute Gasteiger partial charge is 0.290 e. The van der Waals surface area contributed by atoms with Gasteiger partial charge < -0.3 is 9.84 Å². The van der Waals surface area contributed by atoms with Gasteiger partial charge in [0, 0.05) is 6.07 Å². The minimum Gasteiger partial charge on any atom is -0.351 e. The van der Waals surface area contributed by atoms with Crippen molar-refractivity contribution < 1.29 is 9.32 Å². The van der Waals surface area contributed by atoms with Crippen LogP contribution in [0.4, 0.5) is 0 Å². The van der Waals surface area contributed by atoms with E-state index >= 15 is 0 Å². The Morgan fingerprint density at radius 1 is 1.92 bits per heavy atom. The lowest BCUT2D eigenvalue weighted by atomic mass is 10.2. The quantitative estimate of drug-likeness (QED) is 0.697. The maximum absolute atomic E-state index is 11.3. The molecular formula is C9H10N2O2. The van der Waals surface area contributed by atoms with E-state index in [1.165, 1.54) is 12.3 Å². The summed E-state index contributed by atoms with van der Waals surface area (Å²) in [7, 11) is 0. The number of hydrogen-bond acceptors (Lipinski definition) is 3. The van der Waals surface area contributed by atoms with Crippen molar-refractivity contribution in [3.8, 4) is 12.3 Å². The van der Waals surface area contributed by atoms with Crippen molar-refractivity contribution in [3.63, 3.8) is 0 Å². The van der Waals surface area contributed by atoms with Gasteiger partial charge in [-0.25, -0.2) is 0 Å². The Morgan fingerprint density at radius 3 is 3.15 bits per heavy atom. The van der Waals surface area contributed by atoms with E-state index in [1.807, 2.05) is 6.92 Å². The molecule has 1 aromatic heterocycles. The molecule has 0 spiro atoms. The lowest BCUT2D eigenvalue weighted by Gasteiger charge is -2.07. The Morgan fingerprint density at radius 2 is 2.69 bits per heavy atom. The molecule has 1 N–H and O–H groups in total. The molecule has 0 fully saturated rings. The highest BCUT2D eigenvalue weighted by atomic mass is 16.5. The molecular weight excluding hydrogens is 168 g/mol. The summed E-state index contributed by atoms with van der Waals surface area (Å²) < 4.78 is 4.65. The molecule has 68 valence electrons. The molecule has 1 atom stereocenters. The van der Waals surface area contributed by atoms with E-state index < -0.39 is 0 Å². The van der Waals surface area contributed by atoms with Crippen molar-refractivity contribution in [1.82, 2.24) is 10.5 Å². The normalized spacial score (nSPS) is 11.7. The second-order valence-electron chi connectivity index (χ2n) is 2.48. The third-order valence-corrected chi connectivity index (χ3v) is 1.58. The molecule has 0 saturated carbocycles. The average Bonchev–Trinajstić information content (AvgIpc) is 2.66. The van der Waals surface area contributed by atoms with Crippen molar-refractivity contribution in [2.45, 2.75) is 19.4 Å². The van der Waals surface area contributed by atoms with Crippen LogP contribution in [0.2, 0.25) is 0 Å². The summed E-state index contributed by atoms with van der Waals surface area (Å²) in [5.74, 6) is 2.29. The van der Waals surface area contributed by atoms with Crippen molar-refractivity contribution in [2.75, 3.05) is 0 Å². The maximum Gasteiger partial charge on any atom is 0.290 e. The van der Waals surface area contributed by atoms with Gasteiger partial charge in [0.15, 0.2) is 0 Å². The number of rotatable bonds is 3. The summed E-state index contributed by atoms with van der Waals surface area (Å²) in [5.41, 5.74) is 0. The maximum atomic E-state index is 11.3. The Balaban J connectivity index is 2.57. The van der Waals surface area contributed by atoms with Crippen LogP contribution in [-0.4, -0.2) is 17.1 Å². The Labute approximate surface area is 76.3 Å². The molecule has 1 aromatic rings. The van der Waals surface area contributed by atoms with Crippen LogP contribution in [0.3, 0.4) is 0 Å². The lowest BCUT2D eigenvalue weighted by molar-refractivity contribution is 0.0908. The highest BCUT2D eigenvalue weighted by Crippen LogP contribution is 1.97. The highest BCUT2D eigenvalue weighted by molar-refractivity contribution is 5.91. The van der Waals surface area contributed by atoms with Crippen molar-refractivity contribution >= 4 is 5.91 Å². The molecule has 1 heterocycles. The van der Waals surface area contributed by atoms with Crippen molar-refractivity contribution in [1.29, 1.82) is 0 Å². The van der Waals surface area contributed by atoms with Crippen LogP contribution in [0, 0.1) is 12.3 Å². The van der Waals surface area contributed by atoms with Gasteiger partial charge >= 0.3 is 0 Å². The van der Waals surface area contributed by atoms with E-state index in [0.29, 0.717) is 6.42 Å². The molecule has 0 saturated heterocycles. The minimum atomic E-state index is -0.331. The Bertz CT molecular complexity index is 311. The summed E-state index contributed by atoms with van der Waals surface area (Å²) >= 11 is 0. The molecule has 1 rings (SSSR count). The first-order valence-corrected chi connectivity index (χ1v) is 3.95. The third kappa shape index (κ3) is 2.34. The summed E-state index contributed by atoms with van der Waals surface area (Å²) in [5, 5.41) is 6.02. The Hall–Kier alpha value is -1.76. The molecule has 0 aliphatic carbocycles. The standard InChI is InChI=1S/C9H10N2O2/c1-3-7(4-2)11-9(12)8-5-6-10-13-8/h1,5-7H,4H2,2H3,(H,11,12). The van der Waals surface area contributed by atoms with Crippen LogP contribution in [0.15, 0.2) is 16.8 Å². The first kappa shape index (κ1) is 9.33. The zero-order chi connectivity index (χ0) is 9.68. The fourth-order valence-electron chi connectivity index (χ4n) is 0.824. The zero-order valence-corrected chi connectivity index (χ0v) is 7.28. The van der Waals surface area contributed by atoms with Gasteiger partial charge in [0.2, 0.25) is 5.76 Å². The zero-order valence-electron chi connectivity index (χ0n) is 7.28.